The predicted molar refractivity (Wildman–Crippen MR) is 143 cm³/mol. The van der Waals surface area contributed by atoms with Crippen LogP contribution >= 0.6 is 0 Å². The maximum Gasteiger partial charge on any atom is 0.407 e. The molecule has 204 valence electrons. The molecule has 3 rings (SSSR count). The first-order chi connectivity index (χ1) is 17.9. The summed E-state index contributed by atoms with van der Waals surface area (Å²) in [5, 5.41) is 15.4. The summed E-state index contributed by atoms with van der Waals surface area (Å²) in [7, 11) is 0. The number of benzene rings is 2. The lowest BCUT2D eigenvalue weighted by molar-refractivity contribution is -0.155. The normalized spacial score (nSPS) is 12.5. The number of alkyl carbamates (subject to hydrolysis) is 1. The van der Waals surface area contributed by atoms with Crippen LogP contribution in [0.1, 0.15) is 53.5 Å². The lowest BCUT2D eigenvalue weighted by Crippen LogP contribution is -2.43. The highest BCUT2D eigenvalue weighted by Gasteiger charge is 2.25. The summed E-state index contributed by atoms with van der Waals surface area (Å²) in [5.74, 6) is 0.701. The van der Waals surface area contributed by atoms with Crippen molar-refractivity contribution in [1.29, 1.82) is 0 Å². The van der Waals surface area contributed by atoms with Gasteiger partial charge in [-0.15, -0.1) is 10.2 Å². The lowest BCUT2D eigenvalue weighted by Gasteiger charge is -2.24. The first kappa shape index (κ1) is 28.6. The molecule has 1 atom stereocenters. The highest BCUT2D eigenvalue weighted by Crippen LogP contribution is 2.19. The van der Waals surface area contributed by atoms with Crippen LogP contribution in [0.15, 0.2) is 54.6 Å². The Morgan fingerprint density at radius 3 is 2.21 bits per heavy atom. The molecule has 0 aliphatic heterocycles. The smallest absolute Gasteiger partial charge is 0.407 e. The van der Waals surface area contributed by atoms with E-state index < -0.39 is 29.3 Å². The van der Waals surface area contributed by atoms with Crippen molar-refractivity contribution in [2.24, 2.45) is 0 Å². The minimum absolute atomic E-state index is 0.0809. The summed E-state index contributed by atoms with van der Waals surface area (Å²) in [6.07, 6.45) is 0.0945. The molecule has 1 amide bonds. The fourth-order valence-corrected chi connectivity index (χ4v) is 3.48. The number of carbonyl (C=O) groups is 2. The summed E-state index contributed by atoms with van der Waals surface area (Å²) >= 11 is 0. The number of nitrogens with zero attached hydrogens (tertiary/aromatic N) is 4. The van der Waals surface area contributed by atoms with E-state index in [1.165, 1.54) is 10.4 Å². The SMILES string of the molecule is CC(C)(C)OC(=O)CC(Cn1nnc(-c2ccc(OCCc3ccccc3)cc2)n1)NC(=O)OC(C)(C)C. The monoisotopic (exact) mass is 523 g/mol. The summed E-state index contributed by atoms with van der Waals surface area (Å²) < 4.78 is 16.6. The summed E-state index contributed by atoms with van der Waals surface area (Å²) in [4.78, 5) is 26.2. The van der Waals surface area contributed by atoms with Crippen molar-refractivity contribution in [2.75, 3.05) is 6.61 Å². The molecule has 1 N–H and O–H groups in total. The Hall–Kier alpha value is -3.95. The number of carbonyl (C=O) groups excluding carboxylic acids is 2. The number of hydrogen-bond donors (Lipinski definition) is 1. The van der Waals surface area contributed by atoms with Gasteiger partial charge >= 0.3 is 12.1 Å². The molecule has 0 saturated carbocycles. The number of esters is 1. The molecule has 3 aromatic rings. The van der Waals surface area contributed by atoms with Crippen molar-refractivity contribution in [3.05, 3.63) is 60.2 Å². The average Bonchev–Trinajstić information content (AvgIpc) is 3.26. The Morgan fingerprint density at radius 2 is 1.58 bits per heavy atom. The maximum absolute atomic E-state index is 12.4. The fraction of sp³-hybridized carbons (Fsp3) is 0.464. The molecule has 38 heavy (non-hydrogen) atoms. The van der Waals surface area contributed by atoms with E-state index in [4.69, 9.17) is 14.2 Å². The van der Waals surface area contributed by atoms with Gasteiger partial charge in [-0.05, 0) is 76.6 Å². The molecule has 2 aromatic carbocycles. The van der Waals surface area contributed by atoms with Crippen LogP contribution in [0.2, 0.25) is 0 Å². The number of ether oxygens (including phenoxy) is 3. The zero-order chi connectivity index (χ0) is 27.8. The third-order valence-corrected chi connectivity index (χ3v) is 5.01. The molecule has 0 aliphatic carbocycles. The van der Waals surface area contributed by atoms with E-state index >= 15 is 0 Å². The lowest BCUT2D eigenvalue weighted by atomic mass is 10.1. The average molecular weight is 524 g/mol. The molecule has 1 aromatic heterocycles. The Labute approximate surface area is 223 Å². The molecule has 0 radical (unpaired) electrons. The van der Waals surface area contributed by atoms with Crippen molar-refractivity contribution in [2.45, 2.75) is 78.2 Å². The van der Waals surface area contributed by atoms with Crippen LogP contribution in [0.5, 0.6) is 5.75 Å². The number of tetrazole rings is 1. The molecule has 0 spiro atoms. The Balaban J connectivity index is 1.61. The first-order valence-corrected chi connectivity index (χ1v) is 12.6. The molecule has 0 saturated heterocycles. The standard InChI is InChI=1S/C28H37N5O5/c1-27(2,3)37-24(34)18-22(29-26(35)38-28(4,5)6)19-33-31-25(30-32-33)21-12-14-23(15-13-21)36-17-16-20-10-8-7-9-11-20/h7-15,22H,16-19H2,1-6H3,(H,29,35). The number of rotatable bonds is 10. The third kappa shape index (κ3) is 10.2. The second-order valence-electron chi connectivity index (χ2n) is 10.9. The van der Waals surface area contributed by atoms with Crippen LogP contribution in [0.25, 0.3) is 11.4 Å². The molecule has 0 bridgehead atoms. The van der Waals surface area contributed by atoms with Crippen molar-refractivity contribution in [3.63, 3.8) is 0 Å². The number of aromatic nitrogens is 4. The Bertz CT molecular complexity index is 1150. The van der Waals surface area contributed by atoms with Crippen LogP contribution in [-0.4, -0.2) is 56.1 Å². The molecular formula is C28H37N5O5. The van der Waals surface area contributed by atoms with Crippen LogP contribution in [0.4, 0.5) is 4.79 Å². The molecule has 10 heteroatoms. The van der Waals surface area contributed by atoms with E-state index in [-0.39, 0.29) is 13.0 Å². The zero-order valence-electron chi connectivity index (χ0n) is 22.9. The van der Waals surface area contributed by atoms with Gasteiger partial charge in [-0.25, -0.2) is 4.79 Å². The van der Waals surface area contributed by atoms with Gasteiger partial charge in [0.15, 0.2) is 0 Å². The quantitative estimate of drug-likeness (QED) is 0.384. The Kier molecular flexibility index (Phi) is 9.44. The third-order valence-electron chi connectivity index (χ3n) is 5.01. The topological polar surface area (TPSA) is 117 Å². The van der Waals surface area contributed by atoms with E-state index in [9.17, 15) is 9.59 Å². The molecule has 0 fully saturated rings. The highest BCUT2D eigenvalue weighted by molar-refractivity contribution is 5.73. The van der Waals surface area contributed by atoms with Crippen LogP contribution in [0, 0.1) is 0 Å². The summed E-state index contributed by atoms with van der Waals surface area (Å²) in [5.41, 5.74) is 0.645. The van der Waals surface area contributed by atoms with Crippen molar-refractivity contribution >= 4 is 12.1 Å². The number of amides is 1. The maximum atomic E-state index is 12.4. The Morgan fingerprint density at radius 1 is 0.921 bits per heavy atom. The zero-order valence-corrected chi connectivity index (χ0v) is 22.9. The van der Waals surface area contributed by atoms with Gasteiger partial charge < -0.3 is 19.5 Å². The fourth-order valence-electron chi connectivity index (χ4n) is 3.48. The van der Waals surface area contributed by atoms with E-state index in [0.29, 0.717) is 12.4 Å². The van der Waals surface area contributed by atoms with E-state index in [2.05, 4.69) is 32.9 Å². The minimum Gasteiger partial charge on any atom is -0.493 e. The first-order valence-electron chi connectivity index (χ1n) is 12.6. The van der Waals surface area contributed by atoms with Gasteiger partial charge in [0, 0.05) is 12.0 Å². The molecule has 1 heterocycles. The van der Waals surface area contributed by atoms with Crippen LogP contribution in [-0.2, 0) is 27.2 Å². The van der Waals surface area contributed by atoms with Gasteiger partial charge in [-0.2, -0.15) is 4.80 Å². The molecule has 10 nitrogen and oxygen atoms in total. The van der Waals surface area contributed by atoms with E-state index in [0.717, 1.165) is 17.7 Å². The summed E-state index contributed by atoms with van der Waals surface area (Å²) in [6, 6.07) is 16.9. The van der Waals surface area contributed by atoms with Crippen LogP contribution in [0.3, 0.4) is 0 Å². The summed E-state index contributed by atoms with van der Waals surface area (Å²) in [6.45, 7) is 11.3. The van der Waals surface area contributed by atoms with Crippen molar-refractivity contribution in [3.8, 4) is 17.1 Å². The van der Waals surface area contributed by atoms with Crippen LogP contribution < -0.4 is 10.1 Å². The van der Waals surface area contributed by atoms with Crippen molar-refractivity contribution in [1.82, 2.24) is 25.5 Å². The number of nitrogens with one attached hydrogen (secondary N) is 1. The van der Waals surface area contributed by atoms with Crippen molar-refractivity contribution < 1.29 is 23.8 Å². The molecule has 0 aliphatic rings. The van der Waals surface area contributed by atoms with E-state index in [1.54, 1.807) is 41.5 Å². The van der Waals surface area contributed by atoms with Gasteiger partial charge in [-0.3, -0.25) is 4.79 Å². The molecule has 1 unspecified atom stereocenters. The van der Waals surface area contributed by atoms with Gasteiger partial charge in [0.05, 0.1) is 25.6 Å². The van der Waals surface area contributed by atoms with Gasteiger partial charge in [-0.1, -0.05) is 30.3 Å². The predicted octanol–water partition coefficient (Wildman–Crippen LogP) is 4.59. The van der Waals surface area contributed by atoms with Gasteiger partial charge in [0.2, 0.25) is 5.82 Å². The number of hydrogen-bond acceptors (Lipinski definition) is 8. The second kappa shape index (κ2) is 12.5. The van der Waals surface area contributed by atoms with E-state index in [1.807, 2.05) is 42.5 Å². The molecular weight excluding hydrogens is 486 g/mol. The largest absolute Gasteiger partial charge is 0.493 e. The highest BCUT2D eigenvalue weighted by atomic mass is 16.6. The minimum atomic E-state index is -0.684. The van der Waals surface area contributed by atoms with Gasteiger partial charge in [0.1, 0.15) is 17.0 Å². The second-order valence-corrected chi connectivity index (χ2v) is 10.9. The van der Waals surface area contributed by atoms with Gasteiger partial charge in [0.25, 0.3) is 0 Å².